The molecule has 1 atom stereocenters. The summed E-state index contributed by atoms with van der Waals surface area (Å²) < 4.78 is 0. The molecule has 88 valence electrons. The standard InChI is InChI=1S/C13H18ClNO/c1-8(5-6-15)11-7-9-3-2-4-10(9)12(14)13(11)16/h7-8,16H,2-6,15H2,1H3. The third kappa shape index (κ3) is 1.92. The van der Waals surface area contributed by atoms with Crippen LogP contribution in [0.25, 0.3) is 0 Å². The van der Waals surface area contributed by atoms with Gasteiger partial charge in [0.05, 0.1) is 5.02 Å². The van der Waals surface area contributed by atoms with Gasteiger partial charge in [-0.05, 0) is 54.8 Å². The van der Waals surface area contributed by atoms with Gasteiger partial charge < -0.3 is 10.8 Å². The number of rotatable bonds is 3. The van der Waals surface area contributed by atoms with Crippen LogP contribution in [-0.4, -0.2) is 11.7 Å². The minimum atomic E-state index is 0.267. The molecule has 3 heteroatoms. The van der Waals surface area contributed by atoms with Gasteiger partial charge in [0.1, 0.15) is 5.75 Å². The molecule has 1 aromatic carbocycles. The van der Waals surface area contributed by atoms with Crippen molar-refractivity contribution in [2.45, 2.75) is 38.5 Å². The summed E-state index contributed by atoms with van der Waals surface area (Å²) in [6, 6.07) is 2.11. The van der Waals surface area contributed by atoms with E-state index in [1.54, 1.807) is 0 Å². The largest absolute Gasteiger partial charge is 0.506 e. The van der Waals surface area contributed by atoms with Gasteiger partial charge in [-0.15, -0.1) is 0 Å². The predicted molar refractivity (Wildman–Crippen MR) is 67.2 cm³/mol. The van der Waals surface area contributed by atoms with Crippen LogP contribution in [0.2, 0.25) is 5.02 Å². The number of phenolic OH excluding ortho intramolecular Hbond substituents is 1. The molecule has 0 saturated carbocycles. The number of fused-ring (bicyclic) bond motifs is 1. The van der Waals surface area contributed by atoms with Gasteiger partial charge in [0.25, 0.3) is 0 Å². The van der Waals surface area contributed by atoms with Crippen LogP contribution in [0.3, 0.4) is 0 Å². The second-order valence-corrected chi connectivity index (χ2v) is 4.98. The molecule has 0 spiro atoms. The first-order chi connectivity index (χ1) is 7.65. The zero-order chi connectivity index (χ0) is 11.7. The molecule has 0 bridgehead atoms. The van der Waals surface area contributed by atoms with E-state index < -0.39 is 0 Å². The summed E-state index contributed by atoms with van der Waals surface area (Å²) in [5.74, 6) is 0.539. The van der Waals surface area contributed by atoms with Crippen molar-refractivity contribution in [1.82, 2.24) is 0 Å². The van der Waals surface area contributed by atoms with Gasteiger partial charge >= 0.3 is 0 Å². The number of hydrogen-bond donors (Lipinski definition) is 2. The Morgan fingerprint density at radius 3 is 2.94 bits per heavy atom. The summed E-state index contributed by atoms with van der Waals surface area (Å²) in [6.45, 7) is 2.72. The molecular weight excluding hydrogens is 222 g/mol. The Bertz CT molecular complexity index is 403. The van der Waals surface area contributed by atoms with Crippen molar-refractivity contribution in [3.05, 3.63) is 27.8 Å². The van der Waals surface area contributed by atoms with Crippen LogP contribution >= 0.6 is 11.6 Å². The van der Waals surface area contributed by atoms with Crippen molar-refractivity contribution in [2.75, 3.05) is 6.54 Å². The summed E-state index contributed by atoms with van der Waals surface area (Å²) in [5, 5.41) is 10.6. The molecule has 1 aliphatic rings. The molecule has 1 aliphatic carbocycles. The third-order valence-electron chi connectivity index (χ3n) is 3.47. The Kier molecular flexibility index (Phi) is 3.41. The minimum absolute atomic E-state index is 0.267. The first-order valence-corrected chi connectivity index (χ1v) is 6.26. The van der Waals surface area contributed by atoms with Gasteiger partial charge in [0.15, 0.2) is 0 Å². The maximum absolute atomic E-state index is 10.1. The molecule has 1 aromatic rings. The predicted octanol–water partition coefficient (Wildman–Crippen LogP) is 2.99. The van der Waals surface area contributed by atoms with Crippen molar-refractivity contribution in [1.29, 1.82) is 0 Å². The smallest absolute Gasteiger partial charge is 0.137 e. The number of nitrogens with two attached hydrogens (primary N) is 1. The summed E-state index contributed by atoms with van der Waals surface area (Å²) in [7, 11) is 0. The van der Waals surface area contributed by atoms with E-state index in [2.05, 4.69) is 13.0 Å². The maximum Gasteiger partial charge on any atom is 0.137 e. The van der Waals surface area contributed by atoms with Crippen LogP contribution in [0.1, 0.15) is 42.4 Å². The van der Waals surface area contributed by atoms with Crippen LogP contribution in [-0.2, 0) is 12.8 Å². The highest BCUT2D eigenvalue weighted by Gasteiger charge is 2.22. The normalized spacial score (nSPS) is 16.2. The molecule has 0 fully saturated rings. The van der Waals surface area contributed by atoms with Gasteiger partial charge in [-0.3, -0.25) is 0 Å². The Hall–Kier alpha value is -0.730. The number of hydrogen-bond acceptors (Lipinski definition) is 2. The van der Waals surface area contributed by atoms with E-state index in [0.29, 0.717) is 11.6 Å². The van der Waals surface area contributed by atoms with Gasteiger partial charge in [-0.25, -0.2) is 0 Å². The summed E-state index contributed by atoms with van der Waals surface area (Å²) >= 11 is 6.21. The molecule has 0 radical (unpaired) electrons. The van der Waals surface area contributed by atoms with E-state index in [1.165, 1.54) is 5.56 Å². The third-order valence-corrected chi connectivity index (χ3v) is 3.87. The fourth-order valence-electron chi connectivity index (χ4n) is 2.48. The van der Waals surface area contributed by atoms with Crippen LogP contribution < -0.4 is 5.73 Å². The highest BCUT2D eigenvalue weighted by molar-refractivity contribution is 6.33. The van der Waals surface area contributed by atoms with Crippen molar-refractivity contribution < 1.29 is 5.11 Å². The number of phenols is 1. The topological polar surface area (TPSA) is 46.2 Å². The monoisotopic (exact) mass is 239 g/mol. The number of aryl methyl sites for hydroxylation is 1. The number of benzene rings is 1. The zero-order valence-corrected chi connectivity index (χ0v) is 10.3. The van der Waals surface area contributed by atoms with E-state index in [-0.39, 0.29) is 11.7 Å². The number of aromatic hydroxyl groups is 1. The fourth-order valence-corrected chi connectivity index (χ4v) is 2.81. The second-order valence-electron chi connectivity index (χ2n) is 4.60. The van der Waals surface area contributed by atoms with Crippen LogP contribution in [0.5, 0.6) is 5.75 Å². The Labute approximate surface area is 101 Å². The fraction of sp³-hybridized carbons (Fsp3) is 0.538. The minimum Gasteiger partial charge on any atom is -0.506 e. The quantitative estimate of drug-likeness (QED) is 0.852. The van der Waals surface area contributed by atoms with E-state index >= 15 is 0 Å². The highest BCUT2D eigenvalue weighted by Crippen LogP contribution is 2.41. The Morgan fingerprint density at radius 2 is 2.25 bits per heavy atom. The lowest BCUT2D eigenvalue weighted by Gasteiger charge is -2.16. The molecule has 3 N–H and O–H groups in total. The summed E-state index contributed by atoms with van der Waals surface area (Å²) in [4.78, 5) is 0. The Morgan fingerprint density at radius 1 is 1.50 bits per heavy atom. The second kappa shape index (κ2) is 4.64. The van der Waals surface area contributed by atoms with E-state index in [9.17, 15) is 5.11 Å². The molecule has 1 unspecified atom stereocenters. The van der Waals surface area contributed by atoms with Crippen LogP contribution in [0, 0.1) is 0 Å². The summed E-state index contributed by atoms with van der Waals surface area (Å²) in [5.41, 5.74) is 8.96. The molecular formula is C13H18ClNO. The molecule has 0 aliphatic heterocycles. The molecule has 0 amide bonds. The lowest BCUT2D eigenvalue weighted by molar-refractivity contribution is 0.460. The average molecular weight is 240 g/mol. The molecule has 16 heavy (non-hydrogen) atoms. The van der Waals surface area contributed by atoms with Crippen LogP contribution in [0.15, 0.2) is 6.07 Å². The average Bonchev–Trinajstić information content (AvgIpc) is 2.71. The molecule has 0 saturated heterocycles. The van der Waals surface area contributed by atoms with Gasteiger partial charge in [-0.1, -0.05) is 24.6 Å². The molecule has 2 nitrogen and oxygen atoms in total. The van der Waals surface area contributed by atoms with Gasteiger partial charge in [-0.2, -0.15) is 0 Å². The lowest BCUT2D eigenvalue weighted by Crippen LogP contribution is -2.05. The van der Waals surface area contributed by atoms with Crippen molar-refractivity contribution in [2.24, 2.45) is 5.73 Å². The number of halogens is 1. The van der Waals surface area contributed by atoms with E-state index in [4.69, 9.17) is 17.3 Å². The Balaban J connectivity index is 2.43. The zero-order valence-electron chi connectivity index (χ0n) is 9.59. The van der Waals surface area contributed by atoms with Crippen molar-refractivity contribution >= 4 is 11.6 Å². The first kappa shape index (κ1) is 11.7. The SMILES string of the molecule is CC(CCN)c1cc2c(c(Cl)c1O)CCC2. The molecule has 0 aromatic heterocycles. The lowest BCUT2D eigenvalue weighted by atomic mass is 9.93. The van der Waals surface area contributed by atoms with Gasteiger partial charge in [0, 0.05) is 0 Å². The van der Waals surface area contributed by atoms with Crippen LogP contribution in [0.4, 0.5) is 0 Å². The van der Waals surface area contributed by atoms with Gasteiger partial charge in [0.2, 0.25) is 0 Å². The molecule has 2 rings (SSSR count). The van der Waals surface area contributed by atoms with Crippen molar-refractivity contribution in [3.8, 4) is 5.75 Å². The molecule has 0 heterocycles. The summed E-state index contributed by atoms with van der Waals surface area (Å²) in [6.07, 6.45) is 4.09. The van der Waals surface area contributed by atoms with E-state index in [0.717, 1.165) is 36.8 Å². The highest BCUT2D eigenvalue weighted by atomic mass is 35.5. The van der Waals surface area contributed by atoms with E-state index in [1.807, 2.05) is 0 Å². The van der Waals surface area contributed by atoms with Crippen molar-refractivity contribution in [3.63, 3.8) is 0 Å². The maximum atomic E-state index is 10.1. The first-order valence-electron chi connectivity index (χ1n) is 5.88.